The molecule has 14 rings (SSSR count). The van der Waals surface area contributed by atoms with Crippen LogP contribution in [-0.4, -0.2) is 23.3 Å². The minimum atomic E-state index is 0.558. The van der Waals surface area contributed by atoms with Crippen LogP contribution < -0.4 is 0 Å². The molecule has 0 radical (unpaired) electrons. The van der Waals surface area contributed by atoms with Crippen molar-refractivity contribution in [1.29, 1.82) is 5.26 Å². The van der Waals surface area contributed by atoms with Gasteiger partial charge in [-0.3, -0.25) is 4.98 Å². The highest BCUT2D eigenvalue weighted by Crippen LogP contribution is 2.52. The van der Waals surface area contributed by atoms with Crippen LogP contribution in [0.1, 0.15) is 61.5 Å². The average molecular weight is 981 g/mol. The summed E-state index contributed by atoms with van der Waals surface area (Å²) in [6.07, 6.45) is 0. The van der Waals surface area contributed by atoms with Gasteiger partial charge >= 0.3 is 0 Å². The number of aromatic nitrogens is 5. The molecule has 0 aliphatic rings. The van der Waals surface area contributed by atoms with Gasteiger partial charge in [-0.2, -0.15) is 5.26 Å². The predicted molar refractivity (Wildman–Crippen MR) is 319 cm³/mol. The van der Waals surface area contributed by atoms with Gasteiger partial charge in [0.15, 0.2) is 0 Å². The summed E-state index contributed by atoms with van der Waals surface area (Å²) in [5, 5.41) is 22.1. The number of aryl methyl sites for hydroxylation is 10. The van der Waals surface area contributed by atoms with Crippen molar-refractivity contribution in [2.45, 2.75) is 69.2 Å². The number of rotatable bonds is 5. The van der Waals surface area contributed by atoms with E-state index in [1.54, 1.807) is 0 Å². The van der Waals surface area contributed by atoms with E-state index in [1.165, 1.54) is 55.3 Å². The second-order valence-corrected chi connectivity index (χ2v) is 21.9. The lowest BCUT2D eigenvalue weighted by molar-refractivity contribution is 1.03. The van der Waals surface area contributed by atoms with Gasteiger partial charge in [-0.05, 0) is 184 Å². The second kappa shape index (κ2) is 16.4. The van der Waals surface area contributed by atoms with Crippen molar-refractivity contribution in [3.05, 3.63) is 219 Å². The van der Waals surface area contributed by atoms with Gasteiger partial charge < -0.3 is 18.3 Å². The summed E-state index contributed by atoms with van der Waals surface area (Å²) in [6.45, 7) is 21.6. The van der Waals surface area contributed by atoms with Gasteiger partial charge in [-0.15, -0.1) is 0 Å². The number of benzene rings is 9. The van der Waals surface area contributed by atoms with E-state index >= 15 is 0 Å². The Morgan fingerprint density at radius 1 is 0.289 bits per heavy atom. The summed E-state index contributed by atoms with van der Waals surface area (Å²) in [5.74, 6) is 0. The largest absolute Gasteiger partial charge is 0.307 e. The smallest absolute Gasteiger partial charge is 0.104 e. The average Bonchev–Trinajstić information content (AvgIpc) is 4.11. The van der Waals surface area contributed by atoms with E-state index in [-0.39, 0.29) is 0 Å². The third-order valence-corrected chi connectivity index (χ3v) is 16.1. The minimum absolute atomic E-state index is 0.558. The number of hydrogen-bond acceptors (Lipinski definition) is 2. The first-order chi connectivity index (χ1) is 36.7. The zero-order valence-corrected chi connectivity index (χ0v) is 44.7. The van der Waals surface area contributed by atoms with Crippen LogP contribution in [0.3, 0.4) is 0 Å². The molecule has 0 aliphatic carbocycles. The van der Waals surface area contributed by atoms with E-state index in [4.69, 9.17) is 4.98 Å². The molecule has 0 spiro atoms. The van der Waals surface area contributed by atoms with Crippen molar-refractivity contribution in [2.24, 2.45) is 0 Å². The van der Waals surface area contributed by atoms with Gasteiger partial charge in [0.2, 0.25) is 0 Å². The van der Waals surface area contributed by atoms with Gasteiger partial charge in [0.25, 0.3) is 0 Å². The minimum Gasteiger partial charge on any atom is -0.307 e. The molecule has 0 fully saturated rings. The van der Waals surface area contributed by atoms with Crippen LogP contribution in [0.25, 0.3) is 121 Å². The molecule has 14 aromatic rings. The summed E-state index contributed by atoms with van der Waals surface area (Å²) in [5.41, 5.74) is 25.6. The quantitative estimate of drug-likeness (QED) is 0.173. The number of nitriles is 1. The van der Waals surface area contributed by atoms with E-state index in [0.717, 1.165) is 122 Å². The first-order valence-electron chi connectivity index (χ1n) is 26.4. The zero-order valence-electron chi connectivity index (χ0n) is 44.7. The molecule has 5 aromatic heterocycles. The van der Waals surface area contributed by atoms with Crippen LogP contribution >= 0.6 is 0 Å². The van der Waals surface area contributed by atoms with E-state index in [1.807, 2.05) is 0 Å². The lowest BCUT2D eigenvalue weighted by Crippen LogP contribution is -2.16. The van der Waals surface area contributed by atoms with Gasteiger partial charge in [0.1, 0.15) is 11.6 Å². The zero-order chi connectivity index (χ0) is 52.2. The topological polar surface area (TPSA) is 56.4 Å². The van der Waals surface area contributed by atoms with Gasteiger partial charge in [-0.25, -0.2) is 0 Å². The highest BCUT2D eigenvalue weighted by molar-refractivity contribution is 6.17. The third-order valence-electron chi connectivity index (χ3n) is 16.1. The molecule has 366 valence electrons. The molecular weight excluding hydrogens is 925 g/mol. The maximum absolute atomic E-state index is 12.9. The standard InChI is InChI=1S/C70H56N6/c1-38-11-19-58-49(27-38)50-28-39(2)12-20-59(50)73(58)67-57(37-71)68(74-60-21-13-40(3)29-51(60)52-30-41(4)14-22-61(52)74)70(76-64-25-17-44(7)33-55(64)56-34-45(8)18-26-65(56)76)69(66(67)48-35-46(9)72-47(10)36-48)75-62-23-15-42(5)31-53(62)54-32-43(6)16-24-63(54)75/h11-36H,1-10H3. The molecule has 9 aromatic carbocycles. The Kier molecular flexibility index (Phi) is 9.81. The van der Waals surface area contributed by atoms with Crippen molar-refractivity contribution < 1.29 is 0 Å². The molecule has 6 nitrogen and oxygen atoms in total. The SMILES string of the molecule is Cc1ccc2c(c1)c1cc(C)ccc1n2-c1c(C#N)c(-n2c3ccc(C)cc3c3cc(C)ccc32)c(-n2c3ccc(C)cc3c3cc(C)ccc32)c(-n2c3ccc(C)cc3c3cc(C)ccc32)c1-c1cc(C)nc(C)c1. The Hall–Kier alpha value is -9.18. The van der Waals surface area contributed by atoms with Crippen molar-refractivity contribution in [1.82, 2.24) is 23.3 Å². The first kappa shape index (κ1) is 45.4. The number of pyridine rings is 1. The summed E-state index contributed by atoms with van der Waals surface area (Å²) in [7, 11) is 0. The molecule has 76 heavy (non-hydrogen) atoms. The summed E-state index contributed by atoms with van der Waals surface area (Å²) in [6, 6.07) is 62.3. The van der Waals surface area contributed by atoms with Crippen molar-refractivity contribution in [2.75, 3.05) is 0 Å². The van der Waals surface area contributed by atoms with E-state index in [9.17, 15) is 5.26 Å². The molecule has 0 saturated carbocycles. The maximum atomic E-state index is 12.9. The molecule has 0 N–H and O–H groups in total. The molecule has 0 amide bonds. The highest BCUT2D eigenvalue weighted by Gasteiger charge is 2.35. The van der Waals surface area contributed by atoms with Crippen LogP contribution in [0.15, 0.2) is 158 Å². The number of hydrogen-bond donors (Lipinski definition) is 0. The normalized spacial score (nSPS) is 12.1. The fourth-order valence-corrected chi connectivity index (χ4v) is 12.9. The molecule has 0 atom stereocenters. The molecule has 5 heterocycles. The van der Waals surface area contributed by atoms with Crippen molar-refractivity contribution in [3.63, 3.8) is 0 Å². The van der Waals surface area contributed by atoms with Crippen LogP contribution in [0.5, 0.6) is 0 Å². The van der Waals surface area contributed by atoms with Crippen LogP contribution in [0.2, 0.25) is 0 Å². The molecule has 0 saturated heterocycles. The van der Waals surface area contributed by atoms with Gasteiger partial charge in [-0.1, -0.05) is 93.0 Å². The molecule has 6 heteroatoms. The van der Waals surface area contributed by atoms with Gasteiger partial charge in [0, 0.05) is 60.0 Å². The van der Waals surface area contributed by atoms with Gasteiger partial charge in [0.05, 0.1) is 66.9 Å². The summed E-state index contributed by atoms with van der Waals surface area (Å²) in [4.78, 5) is 5.05. The van der Waals surface area contributed by atoms with Crippen LogP contribution in [-0.2, 0) is 0 Å². The number of fused-ring (bicyclic) bond motifs is 12. The van der Waals surface area contributed by atoms with E-state index < -0.39 is 0 Å². The monoisotopic (exact) mass is 980 g/mol. The number of nitrogens with zero attached hydrogens (tertiary/aromatic N) is 6. The highest BCUT2D eigenvalue weighted by atomic mass is 15.1. The fourth-order valence-electron chi connectivity index (χ4n) is 12.9. The van der Waals surface area contributed by atoms with E-state index in [2.05, 4.69) is 251 Å². The maximum Gasteiger partial charge on any atom is 0.104 e. The summed E-state index contributed by atoms with van der Waals surface area (Å²) < 4.78 is 9.89. The van der Waals surface area contributed by atoms with Crippen LogP contribution in [0.4, 0.5) is 0 Å². The Morgan fingerprint density at radius 2 is 0.526 bits per heavy atom. The molecular formula is C70H56N6. The lowest BCUT2D eigenvalue weighted by atomic mass is 9.92. The lowest BCUT2D eigenvalue weighted by Gasteiger charge is -2.29. The third kappa shape index (κ3) is 6.55. The Bertz CT molecular complexity index is 4680. The fraction of sp³-hybridized carbons (Fsp3) is 0.143. The van der Waals surface area contributed by atoms with Crippen molar-refractivity contribution in [3.8, 4) is 39.9 Å². The Balaban J connectivity index is 1.39. The van der Waals surface area contributed by atoms with Crippen molar-refractivity contribution >= 4 is 87.2 Å². The Labute approximate surface area is 441 Å². The predicted octanol–water partition coefficient (Wildman–Crippen LogP) is 18.1. The summed E-state index contributed by atoms with van der Waals surface area (Å²) >= 11 is 0. The second-order valence-electron chi connectivity index (χ2n) is 21.9. The Morgan fingerprint density at radius 3 is 0.789 bits per heavy atom. The first-order valence-corrected chi connectivity index (χ1v) is 26.4. The molecule has 0 unspecified atom stereocenters. The molecule has 0 bridgehead atoms. The van der Waals surface area contributed by atoms with E-state index in [0.29, 0.717) is 5.56 Å². The molecule has 0 aliphatic heterocycles. The van der Waals surface area contributed by atoms with Crippen LogP contribution in [0, 0.1) is 80.6 Å².